The van der Waals surface area contributed by atoms with Crippen LogP contribution in [0.15, 0.2) is 24.0 Å². The van der Waals surface area contributed by atoms with E-state index in [2.05, 4.69) is 6.58 Å². The third-order valence-corrected chi connectivity index (χ3v) is 2.42. The summed E-state index contributed by atoms with van der Waals surface area (Å²) in [6.07, 6.45) is 4.86. The van der Waals surface area contributed by atoms with Gasteiger partial charge in [-0.05, 0) is 44.3 Å². The Hall–Kier alpha value is -0.840. The summed E-state index contributed by atoms with van der Waals surface area (Å²) in [5.74, 6) is 0. The van der Waals surface area contributed by atoms with E-state index in [1.165, 1.54) is 6.42 Å². The zero-order valence-corrected chi connectivity index (χ0v) is 11.4. The van der Waals surface area contributed by atoms with Crippen molar-refractivity contribution in [1.29, 1.82) is 0 Å². The van der Waals surface area contributed by atoms with E-state index in [1.807, 2.05) is 13.8 Å². The smallest absolute Gasteiger partial charge is 0.160 e. The minimum absolute atomic E-state index is 0.0947. The molecule has 1 unspecified atom stereocenters. The van der Waals surface area contributed by atoms with Gasteiger partial charge in [-0.15, -0.1) is 0 Å². The van der Waals surface area contributed by atoms with Crippen molar-refractivity contribution in [3.63, 3.8) is 0 Å². The molecule has 18 heavy (non-hydrogen) atoms. The molecule has 104 valence electrons. The normalized spacial score (nSPS) is 20.8. The van der Waals surface area contributed by atoms with Gasteiger partial charge in [0.25, 0.3) is 0 Å². The summed E-state index contributed by atoms with van der Waals surface area (Å²) in [4.78, 5) is 0. The Balaban J connectivity index is 2.00. The largest absolute Gasteiger partial charge is 0.497 e. The van der Waals surface area contributed by atoms with Crippen LogP contribution in [0.3, 0.4) is 0 Å². The van der Waals surface area contributed by atoms with Crippen LogP contribution < -0.4 is 0 Å². The van der Waals surface area contributed by atoms with Crippen LogP contribution in [0.2, 0.25) is 0 Å². The van der Waals surface area contributed by atoms with E-state index in [0.29, 0.717) is 13.2 Å². The second-order valence-electron chi connectivity index (χ2n) is 4.66. The zero-order valence-electron chi connectivity index (χ0n) is 11.4. The Bertz CT molecular complexity index is 267. The molecule has 0 aromatic rings. The van der Waals surface area contributed by atoms with Gasteiger partial charge in [0.2, 0.25) is 0 Å². The van der Waals surface area contributed by atoms with Gasteiger partial charge in [0.15, 0.2) is 6.29 Å². The Morgan fingerprint density at radius 3 is 2.83 bits per heavy atom. The van der Waals surface area contributed by atoms with Gasteiger partial charge < -0.3 is 18.9 Å². The first-order chi connectivity index (χ1) is 8.68. The molecule has 0 spiro atoms. The summed E-state index contributed by atoms with van der Waals surface area (Å²) >= 11 is 0. The maximum atomic E-state index is 5.45. The maximum absolute atomic E-state index is 5.45. The predicted octanol–water partition coefficient (Wildman–Crippen LogP) is 3.00. The van der Waals surface area contributed by atoms with Crippen LogP contribution in [0.25, 0.3) is 0 Å². The fourth-order valence-electron chi connectivity index (χ4n) is 1.53. The topological polar surface area (TPSA) is 36.9 Å². The van der Waals surface area contributed by atoms with Crippen LogP contribution in [0.5, 0.6) is 0 Å². The van der Waals surface area contributed by atoms with Gasteiger partial charge in [0, 0.05) is 6.61 Å². The number of ether oxygens (including phenoxy) is 4. The summed E-state index contributed by atoms with van der Waals surface area (Å²) in [6, 6.07) is 0. The molecule has 0 N–H and O–H groups in total. The SMILES string of the molecule is C=C(C)CO/C=C(\C)COCOC1CCCCO1. The number of hydrogen-bond donors (Lipinski definition) is 0. The molecule has 0 aliphatic carbocycles. The fourth-order valence-corrected chi connectivity index (χ4v) is 1.53. The van der Waals surface area contributed by atoms with E-state index in [9.17, 15) is 0 Å². The van der Waals surface area contributed by atoms with Crippen molar-refractivity contribution in [3.05, 3.63) is 24.0 Å². The molecule has 1 atom stereocenters. The van der Waals surface area contributed by atoms with Crippen LogP contribution in [-0.4, -0.2) is 32.9 Å². The molecule has 1 fully saturated rings. The lowest BCUT2D eigenvalue weighted by atomic mass is 10.2. The maximum Gasteiger partial charge on any atom is 0.160 e. The highest BCUT2D eigenvalue weighted by molar-refractivity contribution is 4.95. The van der Waals surface area contributed by atoms with Gasteiger partial charge in [-0.2, -0.15) is 0 Å². The summed E-state index contributed by atoms with van der Waals surface area (Å²) < 4.78 is 21.6. The van der Waals surface area contributed by atoms with E-state index in [0.717, 1.165) is 30.6 Å². The Labute approximate surface area is 110 Å². The van der Waals surface area contributed by atoms with Crippen LogP contribution in [0.1, 0.15) is 33.1 Å². The van der Waals surface area contributed by atoms with E-state index in [1.54, 1.807) is 6.26 Å². The van der Waals surface area contributed by atoms with Crippen molar-refractivity contribution >= 4 is 0 Å². The first-order valence-electron chi connectivity index (χ1n) is 6.41. The first-order valence-corrected chi connectivity index (χ1v) is 6.41. The third-order valence-electron chi connectivity index (χ3n) is 2.42. The van der Waals surface area contributed by atoms with Crippen LogP contribution in [0.4, 0.5) is 0 Å². The Morgan fingerprint density at radius 2 is 2.17 bits per heavy atom. The summed E-state index contributed by atoms with van der Waals surface area (Å²) in [5.41, 5.74) is 2.02. The van der Waals surface area contributed by atoms with Gasteiger partial charge in [0.1, 0.15) is 13.4 Å². The van der Waals surface area contributed by atoms with Crippen LogP contribution in [-0.2, 0) is 18.9 Å². The van der Waals surface area contributed by atoms with Crippen LogP contribution in [0, 0.1) is 0 Å². The average molecular weight is 256 g/mol. The van der Waals surface area contributed by atoms with Crippen molar-refractivity contribution in [3.8, 4) is 0 Å². The average Bonchev–Trinajstić information content (AvgIpc) is 2.35. The van der Waals surface area contributed by atoms with E-state index in [-0.39, 0.29) is 13.1 Å². The molecule has 1 aliphatic heterocycles. The van der Waals surface area contributed by atoms with Gasteiger partial charge in [0.05, 0.1) is 12.9 Å². The number of rotatable bonds is 8. The molecule has 4 heteroatoms. The van der Waals surface area contributed by atoms with Crippen molar-refractivity contribution in [1.82, 2.24) is 0 Å². The van der Waals surface area contributed by atoms with Gasteiger partial charge in [-0.3, -0.25) is 0 Å². The van der Waals surface area contributed by atoms with Crippen molar-refractivity contribution in [2.75, 3.05) is 26.6 Å². The highest BCUT2D eigenvalue weighted by Gasteiger charge is 2.13. The van der Waals surface area contributed by atoms with Gasteiger partial charge in [-0.25, -0.2) is 0 Å². The predicted molar refractivity (Wildman–Crippen MR) is 70.0 cm³/mol. The third kappa shape index (κ3) is 7.48. The Morgan fingerprint density at radius 1 is 1.33 bits per heavy atom. The van der Waals surface area contributed by atoms with Crippen molar-refractivity contribution in [2.45, 2.75) is 39.4 Å². The highest BCUT2D eigenvalue weighted by Crippen LogP contribution is 2.13. The molecule has 1 heterocycles. The molecule has 0 saturated carbocycles. The lowest BCUT2D eigenvalue weighted by Gasteiger charge is -2.22. The van der Waals surface area contributed by atoms with Crippen molar-refractivity contribution in [2.24, 2.45) is 0 Å². The minimum Gasteiger partial charge on any atom is -0.497 e. The lowest BCUT2D eigenvalue weighted by Crippen LogP contribution is -2.23. The van der Waals surface area contributed by atoms with E-state index in [4.69, 9.17) is 18.9 Å². The Kier molecular flexibility index (Phi) is 7.73. The quantitative estimate of drug-likeness (QED) is 0.289. The van der Waals surface area contributed by atoms with Gasteiger partial charge in [-0.1, -0.05) is 6.58 Å². The minimum atomic E-state index is -0.0947. The molecule has 0 aromatic heterocycles. The zero-order chi connectivity index (χ0) is 13.2. The summed E-state index contributed by atoms with van der Waals surface area (Å²) in [5, 5.41) is 0. The molecule has 0 amide bonds. The molecule has 1 rings (SSSR count). The summed E-state index contributed by atoms with van der Waals surface area (Å²) in [6.45, 7) is 9.74. The second-order valence-corrected chi connectivity index (χ2v) is 4.66. The standard InChI is InChI=1S/C14H24O4/c1-12(2)8-15-9-13(3)10-16-11-18-14-6-4-5-7-17-14/h9,14H,1,4-8,10-11H2,2-3H3/b13-9+. The molecular weight excluding hydrogens is 232 g/mol. The second kappa shape index (κ2) is 9.14. The lowest BCUT2D eigenvalue weighted by molar-refractivity contribution is -0.206. The molecule has 4 nitrogen and oxygen atoms in total. The molecule has 0 bridgehead atoms. The van der Waals surface area contributed by atoms with E-state index >= 15 is 0 Å². The molecule has 0 radical (unpaired) electrons. The first kappa shape index (κ1) is 15.2. The van der Waals surface area contributed by atoms with Gasteiger partial charge >= 0.3 is 0 Å². The van der Waals surface area contributed by atoms with Crippen LogP contribution >= 0.6 is 0 Å². The highest BCUT2D eigenvalue weighted by atomic mass is 16.7. The molecule has 0 aromatic carbocycles. The molecule has 1 aliphatic rings. The number of hydrogen-bond acceptors (Lipinski definition) is 4. The van der Waals surface area contributed by atoms with E-state index < -0.39 is 0 Å². The molecular formula is C14H24O4. The molecule has 1 saturated heterocycles. The summed E-state index contributed by atoms with van der Waals surface area (Å²) in [7, 11) is 0. The monoisotopic (exact) mass is 256 g/mol. The van der Waals surface area contributed by atoms with Crippen molar-refractivity contribution < 1.29 is 18.9 Å². The fraction of sp³-hybridized carbons (Fsp3) is 0.714.